The Hall–Kier alpha value is -1.35. The number of likely N-dealkylation sites (tertiary alicyclic amines) is 1. The Kier molecular flexibility index (Phi) is 3.79. The molecule has 1 saturated heterocycles. The van der Waals surface area contributed by atoms with Crippen LogP contribution < -0.4 is 5.73 Å². The Bertz CT molecular complexity index is 377. The van der Waals surface area contributed by atoms with Crippen molar-refractivity contribution in [2.45, 2.75) is 19.3 Å². The van der Waals surface area contributed by atoms with Crippen LogP contribution >= 0.6 is 0 Å². The van der Waals surface area contributed by atoms with Crippen molar-refractivity contribution in [2.75, 3.05) is 19.6 Å². The standard InChI is InChI=1S/C14H20N2O/c1-11-7-14(17)16(9-11)10-13(8-15)12-5-3-2-4-6-12/h2-6,11,13H,7-10,15H2,1H3. The van der Waals surface area contributed by atoms with E-state index >= 15 is 0 Å². The summed E-state index contributed by atoms with van der Waals surface area (Å²) in [6, 6.07) is 10.2. The summed E-state index contributed by atoms with van der Waals surface area (Å²) >= 11 is 0. The molecular weight excluding hydrogens is 212 g/mol. The molecule has 0 bridgehead atoms. The Balaban J connectivity index is 2.03. The van der Waals surface area contributed by atoms with E-state index in [1.54, 1.807) is 0 Å². The lowest BCUT2D eigenvalue weighted by molar-refractivity contribution is -0.127. The number of carbonyl (C=O) groups is 1. The van der Waals surface area contributed by atoms with E-state index in [1.807, 2.05) is 23.1 Å². The molecule has 1 aromatic rings. The zero-order valence-electron chi connectivity index (χ0n) is 10.3. The first-order valence-electron chi connectivity index (χ1n) is 6.23. The number of nitrogens with zero attached hydrogens (tertiary/aromatic N) is 1. The maximum atomic E-state index is 11.8. The van der Waals surface area contributed by atoms with Crippen LogP contribution in [0.5, 0.6) is 0 Å². The zero-order valence-corrected chi connectivity index (χ0v) is 10.3. The molecule has 1 amide bonds. The highest BCUT2D eigenvalue weighted by Crippen LogP contribution is 2.22. The van der Waals surface area contributed by atoms with Gasteiger partial charge in [-0.25, -0.2) is 0 Å². The SMILES string of the molecule is CC1CC(=O)N(CC(CN)c2ccccc2)C1. The predicted molar refractivity (Wildman–Crippen MR) is 68.6 cm³/mol. The van der Waals surface area contributed by atoms with Crippen molar-refractivity contribution in [1.29, 1.82) is 0 Å². The Morgan fingerprint density at radius 3 is 2.65 bits per heavy atom. The number of hydrogen-bond donors (Lipinski definition) is 1. The smallest absolute Gasteiger partial charge is 0.222 e. The van der Waals surface area contributed by atoms with Gasteiger partial charge in [-0.2, -0.15) is 0 Å². The van der Waals surface area contributed by atoms with Gasteiger partial charge in [-0.05, 0) is 11.5 Å². The van der Waals surface area contributed by atoms with Crippen LogP contribution in [0.4, 0.5) is 0 Å². The summed E-state index contributed by atoms with van der Waals surface area (Å²) in [6.07, 6.45) is 0.687. The molecular formula is C14H20N2O. The van der Waals surface area contributed by atoms with E-state index in [0.717, 1.165) is 13.1 Å². The summed E-state index contributed by atoms with van der Waals surface area (Å²) in [6.45, 7) is 4.34. The predicted octanol–water partition coefficient (Wildman–Crippen LogP) is 1.60. The van der Waals surface area contributed by atoms with Crippen LogP contribution in [0.25, 0.3) is 0 Å². The van der Waals surface area contributed by atoms with Crippen LogP contribution in [0.3, 0.4) is 0 Å². The van der Waals surface area contributed by atoms with Crippen molar-refractivity contribution in [3.63, 3.8) is 0 Å². The molecule has 0 aliphatic carbocycles. The fraction of sp³-hybridized carbons (Fsp3) is 0.500. The normalized spacial score (nSPS) is 21.9. The number of benzene rings is 1. The van der Waals surface area contributed by atoms with Crippen molar-refractivity contribution in [3.05, 3.63) is 35.9 Å². The van der Waals surface area contributed by atoms with Gasteiger partial charge in [-0.1, -0.05) is 37.3 Å². The summed E-state index contributed by atoms with van der Waals surface area (Å²) in [5.41, 5.74) is 7.05. The average Bonchev–Trinajstić information content (AvgIpc) is 2.66. The summed E-state index contributed by atoms with van der Waals surface area (Å²) < 4.78 is 0. The monoisotopic (exact) mass is 232 g/mol. The van der Waals surface area contributed by atoms with Crippen molar-refractivity contribution in [2.24, 2.45) is 11.7 Å². The summed E-state index contributed by atoms with van der Waals surface area (Å²) in [5, 5.41) is 0. The number of hydrogen-bond acceptors (Lipinski definition) is 2. The Morgan fingerprint density at radius 1 is 1.41 bits per heavy atom. The maximum Gasteiger partial charge on any atom is 0.222 e. The summed E-state index contributed by atoms with van der Waals surface area (Å²) in [7, 11) is 0. The highest BCUT2D eigenvalue weighted by Gasteiger charge is 2.28. The maximum absolute atomic E-state index is 11.8. The van der Waals surface area contributed by atoms with Gasteiger partial charge in [0.05, 0.1) is 0 Å². The third kappa shape index (κ3) is 2.86. The number of rotatable bonds is 4. The van der Waals surface area contributed by atoms with E-state index in [4.69, 9.17) is 5.73 Å². The van der Waals surface area contributed by atoms with Crippen LogP contribution in [-0.4, -0.2) is 30.4 Å². The van der Waals surface area contributed by atoms with Gasteiger partial charge in [0.15, 0.2) is 0 Å². The summed E-state index contributed by atoms with van der Waals surface area (Å²) in [5.74, 6) is 1.01. The van der Waals surface area contributed by atoms with Crippen LogP contribution in [0.2, 0.25) is 0 Å². The van der Waals surface area contributed by atoms with Gasteiger partial charge in [0, 0.05) is 32.0 Å². The number of carbonyl (C=O) groups excluding carboxylic acids is 1. The van der Waals surface area contributed by atoms with Crippen molar-refractivity contribution < 1.29 is 4.79 Å². The molecule has 0 aromatic heterocycles. The number of amides is 1. The molecule has 0 spiro atoms. The third-order valence-corrected chi connectivity index (χ3v) is 3.40. The second kappa shape index (κ2) is 5.32. The van der Waals surface area contributed by atoms with Crippen LogP contribution in [0.1, 0.15) is 24.8 Å². The van der Waals surface area contributed by atoms with Gasteiger partial charge >= 0.3 is 0 Å². The molecule has 2 N–H and O–H groups in total. The van der Waals surface area contributed by atoms with E-state index in [9.17, 15) is 4.79 Å². The molecule has 1 aromatic carbocycles. The first-order chi connectivity index (χ1) is 8.20. The molecule has 1 heterocycles. The highest BCUT2D eigenvalue weighted by atomic mass is 16.2. The van der Waals surface area contributed by atoms with Crippen molar-refractivity contribution in [3.8, 4) is 0 Å². The second-order valence-corrected chi connectivity index (χ2v) is 4.95. The topological polar surface area (TPSA) is 46.3 Å². The first kappa shape index (κ1) is 12.1. The first-order valence-corrected chi connectivity index (χ1v) is 6.23. The Labute approximate surface area is 103 Å². The molecule has 2 atom stereocenters. The minimum absolute atomic E-state index is 0.255. The molecule has 0 radical (unpaired) electrons. The van der Waals surface area contributed by atoms with E-state index in [0.29, 0.717) is 18.9 Å². The molecule has 0 saturated carbocycles. The van der Waals surface area contributed by atoms with Gasteiger partial charge in [0.2, 0.25) is 5.91 Å². The van der Waals surface area contributed by atoms with Crippen LogP contribution in [-0.2, 0) is 4.79 Å². The van der Waals surface area contributed by atoms with E-state index in [2.05, 4.69) is 19.1 Å². The van der Waals surface area contributed by atoms with Gasteiger partial charge in [-0.3, -0.25) is 4.79 Å². The Morgan fingerprint density at radius 2 is 2.12 bits per heavy atom. The van der Waals surface area contributed by atoms with Gasteiger partial charge in [-0.15, -0.1) is 0 Å². The molecule has 1 aliphatic heterocycles. The zero-order chi connectivity index (χ0) is 12.3. The largest absolute Gasteiger partial charge is 0.342 e. The number of nitrogens with two attached hydrogens (primary N) is 1. The lowest BCUT2D eigenvalue weighted by Crippen LogP contribution is -2.32. The lowest BCUT2D eigenvalue weighted by Gasteiger charge is -2.23. The average molecular weight is 232 g/mol. The molecule has 2 rings (SSSR count). The molecule has 1 fully saturated rings. The van der Waals surface area contributed by atoms with Gasteiger partial charge < -0.3 is 10.6 Å². The minimum atomic E-state index is 0.255. The van der Waals surface area contributed by atoms with Crippen molar-refractivity contribution in [1.82, 2.24) is 4.90 Å². The van der Waals surface area contributed by atoms with E-state index in [-0.39, 0.29) is 11.8 Å². The third-order valence-electron chi connectivity index (χ3n) is 3.40. The second-order valence-electron chi connectivity index (χ2n) is 4.95. The van der Waals surface area contributed by atoms with Crippen molar-refractivity contribution >= 4 is 5.91 Å². The van der Waals surface area contributed by atoms with Gasteiger partial charge in [0.1, 0.15) is 0 Å². The molecule has 17 heavy (non-hydrogen) atoms. The highest BCUT2D eigenvalue weighted by molar-refractivity contribution is 5.78. The molecule has 2 unspecified atom stereocenters. The van der Waals surface area contributed by atoms with Crippen LogP contribution in [0, 0.1) is 5.92 Å². The molecule has 3 nitrogen and oxygen atoms in total. The summed E-state index contributed by atoms with van der Waals surface area (Å²) in [4.78, 5) is 13.7. The minimum Gasteiger partial charge on any atom is -0.342 e. The van der Waals surface area contributed by atoms with Crippen LogP contribution in [0.15, 0.2) is 30.3 Å². The quantitative estimate of drug-likeness (QED) is 0.857. The van der Waals surface area contributed by atoms with E-state index in [1.165, 1.54) is 5.56 Å². The fourth-order valence-electron chi connectivity index (χ4n) is 2.45. The van der Waals surface area contributed by atoms with Gasteiger partial charge in [0.25, 0.3) is 0 Å². The fourth-order valence-corrected chi connectivity index (χ4v) is 2.45. The molecule has 3 heteroatoms. The lowest BCUT2D eigenvalue weighted by atomic mass is 9.99. The molecule has 92 valence electrons. The molecule has 1 aliphatic rings. The van der Waals surface area contributed by atoms with E-state index < -0.39 is 0 Å².